The van der Waals surface area contributed by atoms with Crippen molar-refractivity contribution in [3.05, 3.63) is 16.5 Å². The van der Waals surface area contributed by atoms with Crippen molar-refractivity contribution >= 4 is 33.5 Å². The van der Waals surface area contributed by atoms with E-state index in [-0.39, 0.29) is 6.61 Å². The third-order valence-electron chi connectivity index (χ3n) is 1.81. The van der Waals surface area contributed by atoms with Gasteiger partial charge in [-0.25, -0.2) is 9.97 Å². The van der Waals surface area contributed by atoms with Crippen LogP contribution in [0.15, 0.2) is 10.7 Å². The van der Waals surface area contributed by atoms with Gasteiger partial charge in [0.1, 0.15) is 16.2 Å². The molecule has 0 fully saturated rings. The summed E-state index contributed by atoms with van der Waals surface area (Å²) in [6, 6.07) is 1.87. The van der Waals surface area contributed by atoms with Gasteiger partial charge in [-0.05, 0) is 35.0 Å². The van der Waals surface area contributed by atoms with Gasteiger partial charge in [-0.15, -0.1) is 0 Å². The molecular formula is C10H16BrN3OS. The average Bonchev–Trinajstić information content (AvgIpc) is 2.22. The highest BCUT2D eigenvalue weighted by atomic mass is 79.9. The van der Waals surface area contributed by atoms with Gasteiger partial charge in [-0.1, -0.05) is 0 Å². The van der Waals surface area contributed by atoms with Crippen molar-refractivity contribution in [2.24, 2.45) is 0 Å². The zero-order valence-electron chi connectivity index (χ0n) is 9.24. The summed E-state index contributed by atoms with van der Waals surface area (Å²) in [5.74, 6) is 3.62. The molecule has 0 saturated carbocycles. The Morgan fingerprint density at radius 1 is 1.44 bits per heavy atom. The van der Waals surface area contributed by atoms with E-state index in [1.54, 1.807) is 0 Å². The van der Waals surface area contributed by atoms with Crippen molar-refractivity contribution in [1.29, 1.82) is 0 Å². The molecule has 1 rings (SSSR count). The Bertz CT molecular complexity index is 305. The second-order valence-electron chi connectivity index (χ2n) is 3.24. The molecular weight excluding hydrogens is 290 g/mol. The van der Waals surface area contributed by atoms with Crippen LogP contribution in [0, 0.1) is 6.92 Å². The Labute approximate surface area is 108 Å². The Morgan fingerprint density at radius 3 is 2.94 bits per heavy atom. The Balaban J connectivity index is 2.21. The highest BCUT2D eigenvalue weighted by molar-refractivity contribution is 9.10. The lowest BCUT2D eigenvalue weighted by atomic mass is 10.5. The quantitative estimate of drug-likeness (QED) is 0.596. The van der Waals surface area contributed by atoms with Crippen molar-refractivity contribution in [3.8, 4) is 0 Å². The molecule has 0 atom stereocenters. The van der Waals surface area contributed by atoms with Crippen LogP contribution in [0.1, 0.15) is 12.2 Å². The number of aliphatic hydroxyl groups excluding tert-OH is 1. The van der Waals surface area contributed by atoms with E-state index < -0.39 is 0 Å². The van der Waals surface area contributed by atoms with Crippen molar-refractivity contribution in [1.82, 2.24) is 9.97 Å². The molecule has 1 aromatic heterocycles. The summed E-state index contributed by atoms with van der Waals surface area (Å²) in [6.45, 7) is 3.02. The summed E-state index contributed by atoms with van der Waals surface area (Å²) in [7, 11) is 0. The predicted molar refractivity (Wildman–Crippen MR) is 72.0 cm³/mol. The fraction of sp³-hybridized carbons (Fsp3) is 0.600. The van der Waals surface area contributed by atoms with Crippen molar-refractivity contribution in [2.45, 2.75) is 13.3 Å². The predicted octanol–water partition coefficient (Wildman–Crippen LogP) is 2.08. The number of rotatable bonds is 7. The number of anilines is 1. The van der Waals surface area contributed by atoms with Crippen molar-refractivity contribution in [3.63, 3.8) is 0 Å². The number of thioether (sulfide) groups is 1. The van der Waals surface area contributed by atoms with Crippen LogP contribution in [-0.4, -0.2) is 39.7 Å². The lowest BCUT2D eigenvalue weighted by molar-refractivity contribution is 0.296. The first-order valence-electron chi connectivity index (χ1n) is 5.16. The number of aromatic nitrogens is 2. The molecule has 16 heavy (non-hydrogen) atoms. The van der Waals surface area contributed by atoms with Gasteiger partial charge < -0.3 is 10.4 Å². The monoisotopic (exact) mass is 305 g/mol. The van der Waals surface area contributed by atoms with E-state index >= 15 is 0 Å². The molecule has 0 aliphatic heterocycles. The van der Waals surface area contributed by atoms with E-state index in [0.29, 0.717) is 0 Å². The third kappa shape index (κ3) is 5.67. The first kappa shape index (κ1) is 13.7. The minimum Gasteiger partial charge on any atom is -0.396 e. The maximum Gasteiger partial charge on any atom is 0.130 e. The van der Waals surface area contributed by atoms with Crippen LogP contribution in [0.5, 0.6) is 0 Å². The van der Waals surface area contributed by atoms with Gasteiger partial charge in [0, 0.05) is 25.0 Å². The van der Waals surface area contributed by atoms with Gasteiger partial charge in [-0.3, -0.25) is 0 Å². The van der Waals surface area contributed by atoms with Crippen LogP contribution >= 0.6 is 27.7 Å². The van der Waals surface area contributed by atoms with Gasteiger partial charge in [0.05, 0.1) is 0 Å². The molecule has 0 unspecified atom stereocenters. The van der Waals surface area contributed by atoms with E-state index in [1.165, 1.54) is 0 Å². The van der Waals surface area contributed by atoms with Crippen LogP contribution in [0.25, 0.3) is 0 Å². The zero-order valence-corrected chi connectivity index (χ0v) is 11.6. The highest BCUT2D eigenvalue weighted by Crippen LogP contribution is 2.12. The number of nitrogens with zero attached hydrogens (tertiary/aromatic N) is 2. The van der Waals surface area contributed by atoms with E-state index in [2.05, 4.69) is 31.2 Å². The van der Waals surface area contributed by atoms with Crippen LogP contribution in [0.3, 0.4) is 0 Å². The molecule has 0 amide bonds. The standard InChI is InChI=1S/C10H16BrN3OS/c1-8-13-9(11)7-10(14-8)12-3-6-16-5-2-4-15/h7,15H,2-6H2,1H3,(H,12,13,14). The fourth-order valence-electron chi connectivity index (χ4n) is 1.14. The SMILES string of the molecule is Cc1nc(Br)cc(NCCSCCCO)n1. The molecule has 0 radical (unpaired) electrons. The van der Waals surface area contributed by atoms with Crippen LogP contribution in [0.2, 0.25) is 0 Å². The Kier molecular flexibility index (Phi) is 6.75. The van der Waals surface area contributed by atoms with Crippen LogP contribution in [-0.2, 0) is 0 Å². The number of hydrogen-bond donors (Lipinski definition) is 2. The summed E-state index contributed by atoms with van der Waals surface area (Å²) in [6.07, 6.45) is 0.864. The molecule has 1 aromatic rings. The third-order valence-corrected chi connectivity index (χ3v) is 3.28. The zero-order chi connectivity index (χ0) is 11.8. The first-order valence-corrected chi connectivity index (χ1v) is 7.11. The molecule has 90 valence electrons. The summed E-state index contributed by atoms with van der Waals surface area (Å²) in [5, 5.41) is 11.8. The molecule has 4 nitrogen and oxygen atoms in total. The number of aryl methyl sites for hydroxylation is 1. The van der Waals surface area contributed by atoms with Gasteiger partial charge >= 0.3 is 0 Å². The lowest BCUT2D eigenvalue weighted by Crippen LogP contribution is -2.07. The second-order valence-corrected chi connectivity index (χ2v) is 5.28. The van der Waals surface area contributed by atoms with Gasteiger partial charge in [0.25, 0.3) is 0 Å². The molecule has 2 N–H and O–H groups in total. The van der Waals surface area contributed by atoms with E-state index in [1.807, 2.05) is 24.8 Å². The highest BCUT2D eigenvalue weighted by Gasteiger charge is 1.98. The minimum atomic E-state index is 0.276. The van der Waals surface area contributed by atoms with Gasteiger partial charge in [-0.2, -0.15) is 11.8 Å². The van der Waals surface area contributed by atoms with Gasteiger partial charge in [0.2, 0.25) is 0 Å². The molecule has 0 saturated heterocycles. The summed E-state index contributed by atoms with van der Waals surface area (Å²) < 4.78 is 0.801. The molecule has 0 spiro atoms. The average molecular weight is 306 g/mol. The van der Waals surface area contributed by atoms with Crippen LogP contribution in [0.4, 0.5) is 5.82 Å². The smallest absolute Gasteiger partial charge is 0.130 e. The number of aliphatic hydroxyl groups is 1. The molecule has 0 bridgehead atoms. The van der Waals surface area contributed by atoms with E-state index in [4.69, 9.17) is 5.11 Å². The normalized spacial score (nSPS) is 10.4. The van der Waals surface area contributed by atoms with E-state index in [0.717, 1.165) is 40.7 Å². The van der Waals surface area contributed by atoms with Crippen LogP contribution < -0.4 is 5.32 Å². The maximum atomic E-state index is 8.61. The molecule has 6 heteroatoms. The summed E-state index contributed by atoms with van der Waals surface area (Å²) in [5.41, 5.74) is 0. The Morgan fingerprint density at radius 2 is 2.25 bits per heavy atom. The topological polar surface area (TPSA) is 58.0 Å². The van der Waals surface area contributed by atoms with Crippen molar-refractivity contribution in [2.75, 3.05) is 30.0 Å². The second kappa shape index (κ2) is 7.86. The lowest BCUT2D eigenvalue weighted by Gasteiger charge is -2.06. The molecule has 0 aromatic carbocycles. The number of halogens is 1. The minimum absolute atomic E-state index is 0.276. The largest absolute Gasteiger partial charge is 0.396 e. The number of nitrogens with one attached hydrogen (secondary N) is 1. The Hall–Kier alpha value is -0.330. The molecule has 0 aliphatic rings. The van der Waals surface area contributed by atoms with Gasteiger partial charge in [0.15, 0.2) is 0 Å². The van der Waals surface area contributed by atoms with Crippen molar-refractivity contribution < 1.29 is 5.11 Å². The number of hydrogen-bond acceptors (Lipinski definition) is 5. The summed E-state index contributed by atoms with van der Waals surface area (Å²) >= 11 is 5.16. The molecule has 1 heterocycles. The summed E-state index contributed by atoms with van der Waals surface area (Å²) in [4.78, 5) is 8.40. The maximum absolute atomic E-state index is 8.61. The molecule has 0 aliphatic carbocycles. The van der Waals surface area contributed by atoms with E-state index in [9.17, 15) is 0 Å². The fourth-order valence-corrected chi connectivity index (χ4v) is 2.40. The first-order chi connectivity index (χ1) is 7.72.